The number of para-hydroxylation sites is 1. The van der Waals surface area contributed by atoms with Crippen LogP contribution in [0.3, 0.4) is 0 Å². The van der Waals surface area contributed by atoms with E-state index in [1.807, 2.05) is 31.2 Å². The zero-order chi connectivity index (χ0) is 21.7. The number of aryl methyl sites for hydroxylation is 1. The van der Waals surface area contributed by atoms with Crippen LogP contribution in [0.15, 0.2) is 47.4 Å². The first-order chi connectivity index (χ1) is 14.4. The summed E-state index contributed by atoms with van der Waals surface area (Å²) in [6, 6.07) is 11.9. The Bertz CT molecular complexity index is 1000. The summed E-state index contributed by atoms with van der Waals surface area (Å²) in [4.78, 5) is 12.8. The molecular formula is C23H30N2O4S. The molecule has 30 heavy (non-hydrogen) atoms. The van der Waals surface area contributed by atoms with Gasteiger partial charge in [-0.05, 0) is 55.0 Å². The quantitative estimate of drug-likeness (QED) is 0.683. The van der Waals surface area contributed by atoms with E-state index in [1.54, 1.807) is 6.07 Å². The molecule has 1 aliphatic rings. The van der Waals surface area contributed by atoms with Crippen LogP contribution in [-0.4, -0.2) is 27.5 Å². The number of rotatable bonds is 7. The maximum absolute atomic E-state index is 13.1. The fourth-order valence-electron chi connectivity index (χ4n) is 3.93. The van der Waals surface area contributed by atoms with Gasteiger partial charge in [0.2, 0.25) is 10.0 Å². The molecule has 2 N–H and O–H groups in total. The fourth-order valence-corrected chi connectivity index (χ4v) is 5.50. The molecule has 162 valence electrons. The lowest BCUT2D eigenvalue weighted by Gasteiger charge is -2.29. The second kappa shape index (κ2) is 9.62. The van der Waals surface area contributed by atoms with Gasteiger partial charge in [-0.1, -0.05) is 44.9 Å². The topological polar surface area (TPSA) is 84.5 Å². The highest BCUT2D eigenvalue weighted by Crippen LogP contribution is 2.29. The summed E-state index contributed by atoms with van der Waals surface area (Å²) in [6.07, 6.45) is 4.73. The Morgan fingerprint density at radius 3 is 2.57 bits per heavy atom. The molecule has 2 atom stereocenters. The zero-order valence-corrected chi connectivity index (χ0v) is 18.6. The largest absolute Gasteiger partial charge is 0.495 e. The second-order valence-electron chi connectivity index (χ2n) is 7.82. The van der Waals surface area contributed by atoms with Gasteiger partial charge in [0.1, 0.15) is 10.6 Å². The number of hydrogen-bond acceptors (Lipinski definition) is 4. The van der Waals surface area contributed by atoms with E-state index in [2.05, 4.69) is 17.0 Å². The van der Waals surface area contributed by atoms with Crippen LogP contribution in [0.2, 0.25) is 0 Å². The molecule has 1 amide bonds. The van der Waals surface area contributed by atoms with Crippen molar-refractivity contribution in [3.05, 3.63) is 53.6 Å². The molecule has 0 aliphatic heterocycles. The van der Waals surface area contributed by atoms with Crippen LogP contribution >= 0.6 is 0 Å². The number of anilines is 1. The molecule has 0 spiro atoms. The SMILES string of the molecule is CCc1ccccc1NC(=O)c1ccc(OC)c(S(=O)(=O)N[C@H]2CCCC[C@H]2C)c1. The minimum atomic E-state index is -3.83. The van der Waals surface area contributed by atoms with Crippen molar-refractivity contribution in [2.24, 2.45) is 5.92 Å². The summed E-state index contributed by atoms with van der Waals surface area (Å²) in [7, 11) is -2.41. The minimum Gasteiger partial charge on any atom is -0.495 e. The van der Waals surface area contributed by atoms with E-state index in [1.165, 1.54) is 19.2 Å². The Morgan fingerprint density at radius 2 is 1.87 bits per heavy atom. The fraction of sp³-hybridized carbons (Fsp3) is 0.435. The molecule has 2 aromatic carbocycles. The van der Waals surface area contributed by atoms with Crippen molar-refractivity contribution in [2.75, 3.05) is 12.4 Å². The van der Waals surface area contributed by atoms with Gasteiger partial charge in [0.25, 0.3) is 5.91 Å². The summed E-state index contributed by atoms with van der Waals surface area (Å²) in [5.74, 6) is 0.133. The number of benzene rings is 2. The van der Waals surface area contributed by atoms with Crippen molar-refractivity contribution in [1.29, 1.82) is 0 Å². The number of amides is 1. The van der Waals surface area contributed by atoms with Gasteiger partial charge in [-0.3, -0.25) is 4.79 Å². The van der Waals surface area contributed by atoms with Gasteiger partial charge in [-0.25, -0.2) is 13.1 Å². The maximum atomic E-state index is 13.1. The monoisotopic (exact) mass is 430 g/mol. The van der Waals surface area contributed by atoms with Crippen molar-refractivity contribution in [1.82, 2.24) is 4.72 Å². The summed E-state index contributed by atoms with van der Waals surface area (Å²) in [5, 5.41) is 2.89. The van der Waals surface area contributed by atoms with Crippen LogP contribution in [0.25, 0.3) is 0 Å². The Morgan fingerprint density at radius 1 is 1.13 bits per heavy atom. The minimum absolute atomic E-state index is 0.0146. The Kier molecular flexibility index (Phi) is 7.15. The summed E-state index contributed by atoms with van der Waals surface area (Å²) in [5.41, 5.74) is 2.00. The Balaban J connectivity index is 1.88. The third kappa shape index (κ3) is 5.02. The molecule has 1 saturated carbocycles. The van der Waals surface area contributed by atoms with Crippen molar-refractivity contribution < 1.29 is 17.9 Å². The highest BCUT2D eigenvalue weighted by molar-refractivity contribution is 7.89. The molecule has 0 radical (unpaired) electrons. The number of sulfonamides is 1. The Labute approximate surface area is 179 Å². The average Bonchev–Trinajstić information content (AvgIpc) is 2.75. The van der Waals surface area contributed by atoms with Crippen molar-refractivity contribution >= 4 is 21.6 Å². The standard InChI is InChI=1S/C23H30N2O4S/c1-4-17-10-6-8-12-20(17)24-23(26)18-13-14-21(29-3)22(15-18)30(27,28)25-19-11-7-5-9-16(19)2/h6,8,10,12-16,19,25H,4-5,7,9,11H2,1-3H3,(H,24,26)/t16-,19+/m1/s1. The average molecular weight is 431 g/mol. The van der Waals surface area contributed by atoms with Crippen LogP contribution in [0, 0.1) is 5.92 Å². The van der Waals surface area contributed by atoms with E-state index in [-0.39, 0.29) is 34.1 Å². The van der Waals surface area contributed by atoms with Crippen LogP contribution in [0.1, 0.15) is 55.5 Å². The third-order valence-corrected chi connectivity index (χ3v) is 7.29. The molecule has 0 saturated heterocycles. The van der Waals surface area contributed by atoms with Gasteiger partial charge < -0.3 is 10.1 Å². The predicted molar refractivity (Wildman–Crippen MR) is 119 cm³/mol. The van der Waals surface area contributed by atoms with Gasteiger partial charge >= 0.3 is 0 Å². The van der Waals surface area contributed by atoms with Crippen LogP contribution in [0.4, 0.5) is 5.69 Å². The number of ether oxygens (including phenoxy) is 1. The zero-order valence-electron chi connectivity index (χ0n) is 17.8. The molecule has 2 aromatic rings. The highest BCUT2D eigenvalue weighted by atomic mass is 32.2. The van der Waals surface area contributed by atoms with Gasteiger partial charge in [0, 0.05) is 17.3 Å². The molecule has 0 heterocycles. The first-order valence-electron chi connectivity index (χ1n) is 10.4. The molecule has 1 fully saturated rings. The van der Waals surface area contributed by atoms with Gasteiger partial charge in [0.05, 0.1) is 7.11 Å². The van der Waals surface area contributed by atoms with E-state index < -0.39 is 10.0 Å². The normalized spacial score (nSPS) is 19.3. The molecule has 6 nitrogen and oxygen atoms in total. The van der Waals surface area contributed by atoms with Gasteiger partial charge in [-0.2, -0.15) is 0 Å². The molecule has 7 heteroatoms. The predicted octanol–water partition coefficient (Wildman–Crippen LogP) is 4.37. The molecule has 0 unspecified atom stereocenters. The molecular weight excluding hydrogens is 400 g/mol. The molecule has 1 aliphatic carbocycles. The van der Waals surface area contributed by atoms with Gasteiger partial charge in [-0.15, -0.1) is 0 Å². The third-order valence-electron chi connectivity index (χ3n) is 5.78. The van der Waals surface area contributed by atoms with E-state index >= 15 is 0 Å². The van der Waals surface area contributed by atoms with Crippen molar-refractivity contribution in [3.8, 4) is 5.75 Å². The summed E-state index contributed by atoms with van der Waals surface area (Å²) in [6.45, 7) is 4.08. The first kappa shape index (κ1) is 22.3. The molecule has 0 aromatic heterocycles. The number of hydrogen-bond donors (Lipinski definition) is 2. The summed E-state index contributed by atoms with van der Waals surface area (Å²) >= 11 is 0. The van der Waals surface area contributed by atoms with Gasteiger partial charge in [0.15, 0.2) is 0 Å². The molecule has 0 bridgehead atoms. The first-order valence-corrected chi connectivity index (χ1v) is 11.9. The van der Waals surface area contributed by atoms with Crippen molar-refractivity contribution in [3.63, 3.8) is 0 Å². The second-order valence-corrected chi connectivity index (χ2v) is 9.50. The van der Waals surface area contributed by atoms with E-state index in [0.717, 1.165) is 43.4 Å². The number of carbonyl (C=O) groups excluding carboxylic acids is 1. The lowest BCUT2D eigenvalue weighted by Crippen LogP contribution is -2.41. The van der Waals surface area contributed by atoms with E-state index in [0.29, 0.717) is 0 Å². The number of methoxy groups -OCH3 is 1. The lowest BCUT2D eigenvalue weighted by atomic mass is 9.87. The van der Waals surface area contributed by atoms with E-state index in [9.17, 15) is 13.2 Å². The van der Waals surface area contributed by atoms with Crippen LogP contribution in [-0.2, 0) is 16.4 Å². The lowest BCUT2D eigenvalue weighted by molar-refractivity contribution is 0.102. The van der Waals surface area contributed by atoms with E-state index in [4.69, 9.17) is 4.74 Å². The summed E-state index contributed by atoms with van der Waals surface area (Å²) < 4.78 is 34.4. The maximum Gasteiger partial charge on any atom is 0.255 e. The smallest absolute Gasteiger partial charge is 0.255 e. The number of nitrogens with one attached hydrogen (secondary N) is 2. The molecule has 3 rings (SSSR count). The highest BCUT2D eigenvalue weighted by Gasteiger charge is 2.29. The van der Waals surface area contributed by atoms with Crippen LogP contribution in [0.5, 0.6) is 5.75 Å². The number of carbonyl (C=O) groups is 1. The van der Waals surface area contributed by atoms with Crippen molar-refractivity contribution in [2.45, 2.75) is 56.9 Å². The Hall–Kier alpha value is -2.38. The van der Waals surface area contributed by atoms with Crippen LogP contribution < -0.4 is 14.8 Å².